The van der Waals surface area contributed by atoms with Gasteiger partial charge in [0, 0.05) is 25.6 Å². The summed E-state index contributed by atoms with van der Waals surface area (Å²) in [5, 5.41) is 7.06. The lowest BCUT2D eigenvalue weighted by Crippen LogP contribution is -2.21. The number of furan rings is 1. The second-order valence-electron chi connectivity index (χ2n) is 5.65. The molecule has 0 atom stereocenters. The van der Waals surface area contributed by atoms with Crippen LogP contribution < -0.4 is 10.9 Å². The Labute approximate surface area is 146 Å². The van der Waals surface area contributed by atoms with E-state index in [0.717, 1.165) is 0 Å². The molecule has 0 aliphatic carbocycles. The van der Waals surface area contributed by atoms with Crippen molar-refractivity contribution in [1.82, 2.24) is 24.3 Å². The van der Waals surface area contributed by atoms with Gasteiger partial charge in [0.15, 0.2) is 5.82 Å². The number of amides is 1. The van der Waals surface area contributed by atoms with Gasteiger partial charge in [0.2, 0.25) is 5.71 Å². The van der Waals surface area contributed by atoms with Crippen molar-refractivity contribution in [2.45, 2.75) is 6.92 Å². The van der Waals surface area contributed by atoms with Crippen molar-refractivity contribution in [3.63, 3.8) is 0 Å². The number of nitrogens with one attached hydrogen (secondary N) is 1. The average Bonchev–Trinajstić information content (AvgIpc) is 3.26. The van der Waals surface area contributed by atoms with E-state index in [1.54, 1.807) is 50.8 Å². The molecule has 0 aliphatic rings. The van der Waals surface area contributed by atoms with Gasteiger partial charge in [-0.3, -0.25) is 9.59 Å². The van der Waals surface area contributed by atoms with E-state index in [2.05, 4.69) is 20.4 Å². The number of aromatic nitrogens is 5. The van der Waals surface area contributed by atoms with Gasteiger partial charge in [-0.25, -0.2) is 14.6 Å². The second kappa shape index (κ2) is 5.96. The van der Waals surface area contributed by atoms with Gasteiger partial charge in [-0.15, -0.1) is 0 Å². The van der Waals surface area contributed by atoms with Gasteiger partial charge in [0.25, 0.3) is 11.5 Å². The number of fused-ring (bicyclic) bond motifs is 1. The van der Waals surface area contributed by atoms with Crippen LogP contribution in [0.15, 0.2) is 52.3 Å². The fourth-order valence-electron chi connectivity index (χ4n) is 2.72. The monoisotopic (exact) mass is 350 g/mol. The number of rotatable bonds is 3. The molecule has 0 aromatic carbocycles. The second-order valence-corrected chi connectivity index (χ2v) is 5.65. The molecule has 1 N–H and O–H groups in total. The Hall–Kier alpha value is -3.75. The maximum atomic E-state index is 12.9. The molecule has 0 unspecified atom stereocenters. The quantitative estimate of drug-likeness (QED) is 0.602. The van der Waals surface area contributed by atoms with Gasteiger partial charge < -0.3 is 14.3 Å². The average molecular weight is 350 g/mol. The summed E-state index contributed by atoms with van der Waals surface area (Å²) in [4.78, 5) is 33.6. The third-order valence-electron chi connectivity index (χ3n) is 3.93. The fourth-order valence-corrected chi connectivity index (χ4v) is 2.72. The molecule has 4 rings (SSSR count). The SMILES string of the molecule is Cc1oc2ncn(C)c(=O)c2c1C(=O)Nc1cccnc1-n1cccn1. The Morgan fingerprint density at radius 3 is 2.85 bits per heavy atom. The summed E-state index contributed by atoms with van der Waals surface area (Å²) in [6.07, 6.45) is 6.29. The fraction of sp³-hybridized carbons (Fsp3) is 0.118. The zero-order valence-electron chi connectivity index (χ0n) is 14.0. The smallest absolute Gasteiger partial charge is 0.265 e. The van der Waals surface area contributed by atoms with Gasteiger partial charge in [-0.1, -0.05) is 0 Å². The summed E-state index contributed by atoms with van der Waals surface area (Å²) in [5.41, 5.74) is 0.393. The van der Waals surface area contributed by atoms with Crippen LogP contribution in [0.5, 0.6) is 0 Å². The predicted octanol–water partition coefficient (Wildman–Crippen LogP) is 1.67. The van der Waals surface area contributed by atoms with Crippen molar-refractivity contribution in [3.05, 3.63) is 64.8 Å². The lowest BCUT2D eigenvalue weighted by molar-refractivity contribution is 0.102. The maximum Gasteiger partial charge on any atom is 0.265 e. The van der Waals surface area contributed by atoms with Crippen LogP contribution in [0, 0.1) is 6.92 Å². The summed E-state index contributed by atoms with van der Waals surface area (Å²) >= 11 is 0. The number of carbonyl (C=O) groups is 1. The third-order valence-corrected chi connectivity index (χ3v) is 3.93. The molecule has 4 aromatic heterocycles. The summed E-state index contributed by atoms with van der Waals surface area (Å²) in [7, 11) is 1.57. The number of anilines is 1. The predicted molar refractivity (Wildman–Crippen MR) is 93.3 cm³/mol. The summed E-state index contributed by atoms with van der Waals surface area (Å²) < 4.78 is 8.31. The molecular formula is C17H14N6O3. The molecule has 0 saturated heterocycles. The van der Waals surface area contributed by atoms with E-state index in [-0.39, 0.29) is 22.2 Å². The van der Waals surface area contributed by atoms with Crippen molar-refractivity contribution in [2.24, 2.45) is 7.05 Å². The van der Waals surface area contributed by atoms with Crippen LogP contribution in [0.4, 0.5) is 5.69 Å². The molecule has 0 bridgehead atoms. The van der Waals surface area contributed by atoms with Gasteiger partial charge in [-0.05, 0) is 25.1 Å². The molecule has 0 radical (unpaired) electrons. The van der Waals surface area contributed by atoms with Crippen LogP contribution in [0.1, 0.15) is 16.1 Å². The number of aryl methyl sites for hydroxylation is 2. The zero-order chi connectivity index (χ0) is 18.3. The van der Waals surface area contributed by atoms with Crippen molar-refractivity contribution in [1.29, 1.82) is 0 Å². The first-order chi connectivity index (χ1) is 12.6. The molecule has 0 spiro atoms. The van der Waals surface area contributed by atoms with Crippen LogP contribution in [-0.2, 0) is 7.05 Å². The van der Waals surface area contributed by atoms with Crippen molar-refractivity contribution >= 4 is 22.7 Å². The van der Waals surface area contributed by atoms with E-state index in [1.165, 1.54) is 15.6 Å². The standard InChI is InChI=1S/C17H14N6O3/c1-10-12(13-16(26-10)19-9-22(2)17(13)25)15(24)21-11-5-3-6-18-14(11)23-8-4-7-20-23/h3-9H,1-2H3,(H,21,24). The number of carbonyl (C=O) groups excluding carboxylic acids is 1. The van der Waals surface area contributed by atoms with Gasteiger partial charge in [-0.2, -0.15) is 5.10 Å². The van der Waals surface area contributed by atoms with Crippen molar-refractivity contribution in [3.8, 4) is 5.82 Å². The Balaban J connectivity index is 1.80. The minimum atomic E-state index is -0.479. The normalized spacial score (nSPS) is 11.0. The lowest BCUT2D eigenvalue weighted by atomic mass is 10.1. The van der Waals surface area contributed by atoms with Crippen LogP contribution in [0.2, 0.25) is 0 Å². The first-order valence-corrected chi connectivity index (χ1v) is 7.77. The van der Waals surface area contributed by atoms with E-state index in [1.807, 2.05) is 0 Å². The number of hydrogen-bond acceptors (Lipinski definition) is 6. The topological polar surface area (TPSA) is 108 Å². The van der Waals surface area contributed by atoms with Crippen LogP contribution in [-0.4, -0.2) is 30.2 Å². The van der Waals surface area contributed by atoms with E-state index in [4.69, 9.17) is 4.42 Å². The van der Waals surface area contributed by atoms with Gasteiger partial charge >= 0.3 is 0 Å². The highest BCUT2D eigenvalue weighted by Crippen LogP contribution is 2.23. The summed E-state index contributed by atoms with van der Waals surface area (Å²) in [5.74, 6) is 0.299. The molecule has 0 saturated carbocycles. The molecule has 4 heterocycles. The Morgan fingerprint density at radius 1 is 1.23 bits per heavy atom. The lowest BCUT2D eigenvalue weighted by Gasteiger charge is -2.09. The Morgan fingerprint density at radius 2 is 2.08 bits per heavy atom. The zero-order valence-corrected chi connectivity index (χ0v) is 14.0. The highest BCUT2D eigenvalue weighted by Gasteiger charge is 2.23. The van der Waals surface area contributed by atoms with Crippen molar-refractivity contribution in [2.75, 3.05) is 5.32 Å². The molecule has 4 aromatic rings. The first-order valence-electron chi connectivity index (χ1n) is 7.77. The number of pyridine rings is 1. The Kier molecular flexibility index (Phi) is 3.61. The van der Waals surface area contributed by atoms with E-state index in [0.29, 0.717) is 17.3 Å². The van der Waals surface area contributed by atoms with Crippen LogP contribution >= 0.6 is 0 Å². The number of hydrogen-bond donors (Lipinski definition) is 1. The third kappa shape index (κ3) is 2.46. The molecule has 130 valence electrons. The first kappa shape index (κ1) is 15.8. The molecular weight excluding hydrogens is 336 g/mol. The van der Waals surface area contributed by atoms with E-state index in [9.17, 15) is 9.59 Å². The van der Waals surface area contributed by atoms with Gasteiger partial charge in [0.1, 0.15) is 17.5 Å². The summed E-state index contributed by atoms with van der Waals surface area (Å²) in [6.45, 7) is 1.62. The highest BCUT2D eigenvalue weighted by atomic mass is 16.3. The van der Waals surface area contributed by atoms with Crippen molar-refractivity contribution < 1.29 is 9.21 Å². The highest BCUT2D eigenvalue weighted by molar-refractivity contribution is 6.13. The largest absolute Gasteiger partial charge is 0.442 e. The minimum Gasteiger partial charge on any atom is -0.442 e. The number of nitrogens with zero attached hydrogens (tertiary/aromatic N) is 5. The van der Waals surface area contributed by atoms with E-state index < -0.39 is 5.91 Å². The molecule has 0 fully saturated rings. The van der Waals surface area contributed by atoms with Crippen LogP contribution in [0.3, 0.4) is 0 Å². The van der Waals surface area contributed by atoms with Crippen LogP contribution in [0.25, 0.3) is 16.9 Å². The van der Waals surface area contributed by atoms with Gasteiger partial charge in [0.05, 0.1) is 11.3 Å². The summed E-state index contributed by atoms with van der Waals surface area (Å²) in [6, 6.07) is 5.16. The van der Waals surface area contributed by atoms with E-state index >= 15 is 0 Å². The maximum absolute atomic E-state index is 12.9. The molecule has 9 heteroatoms. The Bertz CT molecular complexity index is 1170. The minimum absolute atomic E-state index is 0.134. The molecule has 26 heavy (non-hydrogen) atoms. The molecule has 9 nitrogen and oxygen atoms in total. The molecule has 0 aliphatic heterocycles. The molecule has 1 amide bonds.